The van der Waals surface area contributed by atoms with Crippen molar-refractivity contribution in [3.05, 3.63) is 22.7 Å². The van der Waals surface area contributed by atoms with E-state index >= 15 is 0 Å². The number of hydrogen-bond acceptors (Lipinski definition) is 4. The summed E-state index contributed by atoms with van der Waals surface area (Å²) in [7, 11) is 0. The van der Waals surface area contributed by atoms with E-state index in [0.717, 1.165) is 19.6 Å². The quantitative estimate of drug-likeness (QED) is 0.842. The van der Waals surface area contributed by atoms with Crippen molar-refractivity contribution < 1.29 is 0 Å². The SMILES string of the molecule is CC(C)Cn1ccnc(NCC2CCCCC2CN)c1=O. The van der Waals surface area contributed by atoms with E-state index in [1.807, 2.05) is 0 Å². The monoisotopic (exact) mass is 292 g/mol. The van der Waals surface area contributed by atoms with E-state index in [2.05, 4.69) is 24.1 Å². The Morgan fingerprint density at radius 2 is 2.10 bits per heavy atom. The van der Waals surface area contributed by atoms with Gasteiger partial charge in [0.2, 0.25) is 0 Å². The fourth-order valence-electron chi connectivity index (χ4n) is 3.20. The lowest BCUT2D eigenvalue weighted by molar-refractivity contribution is 0.255. The molecule has 5 nitrogen and oxygen atoms in total. The van der Waals surface area contributed by atoms with Gasteiger partial charge in [0.15, 0.2) is 5.82 Å². The summed E-state index contributed by atoms with van der Waals surface area (Å²) in [5, 5.41) is 3.26. The van der Waals surface area contributed by atoms with Gasteiger partial charge >= 0.3 is 0 Å². The zero-order chi connectivity index (χ0) is 15.2. The molecule has 1 fully saturated rings. The van der Waals surface area contributed by atoms with Gasteiger partial charge in [-0.1, -0.05) is 26.7 Å². The summed E-state index contributed by atoms with van der Waals surface area (Å²) in [6.07, 6.45) is 8.42. The molecule has 5 heteroatoms. The lowest BCUT2D eigenvalue weighted by Crippen LogP contribution is -2.33. The van der Waals surface area contributed by atoms with Gasteiger partial charge < -0.3 is 15.6 Å². The molecule has 1 heterocycles. The van der Waals surface area contributed by atoms with Crippen molar-refractivity contribution in [3.8, 4) is 0 Å². The van der Waals surface area contributed by atoms with E-state index in [9.17, 15) is 4.79 Å². The van der Waals surface area contributed by atoms with Crippen LogP contribution < -0.4 is 16.6 Å². The van der Waals surface area contributed by atoms with Crippen molar-refractivity contribution in [1.29, 1.82) is 0 Å². The minimum atomic E-state index is -0.0219. The maximum absolute atomic E-state index is 12.3. The van der Waals surface area contributed by atoms with Crippen LogP contribution in [0.5, 0.6) is 0 Å². The highest BCUT2D eigenvalue weighted by Crippen LogP contribution is 2.29. The fraction of sp³-hybridized carbons (Fsp3) is 0.750. The molecule has 1 aliphatic rings. The van der Waals surface area contributed by atoms with Gasteiger partial charge in [0, 0.05) is 25.5 Å². The number of rotatable bonds is 6. The molecule has 0 aromatic carbocycles. The third-order valence-electron chi connectivity index (χ3n) is 4.38. The number of nitrogens with zero attached hydrogens (tertiary/aromatic N) is 2. The predicted octanol–water partition coefficient (Wildman–Crippen LogP) is 2.08. The lowest BCUT2D eigenvalue weighted by Gasteiger charge is -2.30. The second-order valence-corrected chi connectivity index (χ2v) is 6.55. The summed E-state index contributed by atoms with van der Waals surface area (Å²) >= 11 is 0. The largest absolute Gasteiger partial charge is 0.365 e. The van der Waals surface area contributed by atoms with Crippen LogP contribution in [0.15, 0.2) is 17.2 Å². The van der Waals surface area contributed by atoms with Gasteiger partial charge in [-0.2, -0.15) is 0 Å². The molecule has 1 aliphatic carbocycles. The number of nitrogens with one attached hydrogen (secondary N) is 1. The van der Waals surface area contributed by atoms with E-state index < -0.39 is 0 Å². The molecule has 2 rings (SSSR count). The summed E-state index contributed by atoms with van der Waals surface area (Å²) in [6.45, 7) is 6.48. The van der Waals surface area contributed by atoms with Gasteiger partial charge in [-0.3, -0.25) is 4.79 Å². The van der Waals surface area contributed by atoms with Crippen LogP contribution in [-0.4, -0.2) is 22.6 Å². The first kappa shape index (κ1) is 16.0. The Morgan fingerprint density at radius 3 is 2.76 bits per heavy atom. The average molecular weight is 292 g/mol. The normalized spacial score (nSPS) is 22.5. The molecule has 1 aromatic heterocycles. The van der Waals surface area contributed by atoms with Crippen molar-refractivity contribution in [2.45, 2.75) is 46.1 Å². The van der Waals surface area contributed by atoms with E-state index in [4.69, 9.17) is 5.73 Å². The van der Waals surface area contributed by atoms with Crippen LogP contribution >= 0.6 is 0 Å². The summed E-state index contributed by atoms with van der Waals surface area (Å²) in [6, 6.07) is 0. The fourth-order valence-corrected chi connectivity index (χ4v) is 3.20. The molecule has 0 saturated heterocycles. The van der Waals surface area contributed by atoms with Crippen molar-refractivity contribution >= 4 is 5.82 Å². The van der Waals surface area contributed by atoms with Gasteiger partial charge in [0.05, 0.1) is 0 Å². The molecule has 2 unspecified atom stereocenters. The van der Waals surface area contributed by atoms with Crippen LogP contribution in [0.1, 0.15) is 39.5 Å². The van der Waals surface area contributed by atoms with Crippen LogP contribution in [0.25, 0.3) is 0 Å². The Labute approximate surface area is 127 Å². The Hall–Kier alpha value is -1.36. The predicted molar refractivity (Wildman–Crippen MR) is 86.3 cm³/mol. The van der Waals surface area contributed by atoms with Crippen molar-refractivity contribution in [2.24, 2.45) is 23.5 Å². The van der Waals surface area contributed by atoms with Crippen molar-refractivity contribution in [1.82, 2.24) is 9.55 Å². The molecule has 0 amide bonds. The van der Waals surface area contributed by atoms with E-state index in [-0.39, 0.29) is 5.56 Å². The molecule has 118 valence electrons. The Kier molecular flexibility index (Phi) is 5.79. The van der Waals surface area contributed by atoms with E-state index in [1.165, 1.54) is 25.7 Å². The summed E-state index contributed by atoms with van der Waals surface area (Å²) in [4.78, 5) is 16.5. The molecule has 2 atom stereocenters. The van der Waals surface area contributed by atoms with Crippen LogP contribution in [0.4, 0.5) is 5.82 Å². The first-order chi connectivity index (χ1) is 10.1. The Balaban J connectivity index is 2.01. The topological polar surface area (TPSA) is 72.9 Å². The average Bonchev–Trinajstić information content (AvgIpc) is 2.48. The highest BCUT2D eigenvalue weighted by molar-refractivity contribution is 5.30. The molecule has 3 N–H and O–H groups in total. The molecule has 0 bridgehead atoms. The minimum Gasteiger partial charge on any atom is -0.365 e. The molecule has 0 aliphatic heterocycles. The third kappa shape index (κ3) is 4.30. The molecular weight excluding hydrogens is 264 g/mol. The van der Waals surface area contributed by atoms with Crippen LogP contribution in [-0.2, 0) is 6.54 Å². The van der Waals surface area contributed by atoms with E-state index in [1.54, 1.807) is 17.0 Å². The van der Waals surface area contributed by atoms with Gasteiger partial charge in [0.1, 0.15) is 0 Å². The van der Waals surface area contributed by atoms with Gasteiger partial charge in [-0.15, -0.1) is 0 Å². The highest BCUT2D eigenvalue weighted by atomic mass is 16.1. The Morgan fingerprint density at radius 1 is 1.38 bits per heavy atom. The number of aromatic nitrogens is 2. The van der Waals surface area contributed by atoms with Crippen LogP contribution in [0, 0.1) is 17.8 Å². The maximum atomic E-state index is 12.3. The van der Waals surface area contributed by atoms with Gasteiger partial charge in [-0.25, -0.2) is 4.98 Å². The molecule has 0 spiro atoms. The van der Waals surface area contributed by atoms with Gasteiger partial charge in [0.25, 0.3) is 5.56 Å². The van der Waals surface area contributed by atoms with E-state index in [0.29, 0.717) is 23.6 Å². The van der Waals surface area contributed by atoms with Crippen molar-refractivity contribution in [3.63, 3.8) is 0 Å². The molecular formula is C16H28N4O. The summed E-state index contributed by atoms with van der Waals surface area (Å²) in [5.41, 5.74) is 5.84. The minimum absolute atomic E-state index is 0.0219. The molecule has 1 saturated carbocycles. The Bertz CT molecular complexity index is 497. The zero-order valence-electron chi connectivity index (χ0n) is 13.2. The van der Waals surface area contributed by atoms with Crippen LogP contribution in [0.2, 0.25) is 0 Å². The molecule has 21 heavy (non-hydrogen) atoms. The number of nitrogens with two attached hydrogens (primary N) is 1. The third-order valence-corrected chi connectivity index (χ3v) is 4.38. The standard InChI is InChI=1S/C16H28N4O/c1-12(2)11-20-8-7-18-15(16(20)21)19-10-14-6-4-3-5-13(14)9-17/h7-8,12-14H,3-6,9-11,17H2,1-2H3,(H,18,19). The second-order valence-electron chi connectivity index (χ2n) is 6.55. The first-order valence-corrected chi connectivity index (χ1v) is 8.11. The maximum Gasteiger partial charge on any atom is 0.293 e. The molecule has 1 aromatic rings. The van der Waals surface area contributed by atoms with Crippen molar-refractivity contribution in [2.75, 3.05) is 18.4 Å². The number of hydrogen-bond donors (Lipinski definition) is 2. The van der Waals surface area contributed by atoms with Gasteiger partial charge in [-0.05, 0) is 37.1 Å². The second kappa shape index (κ2) is 7.59. The lowest BCUT2D eigenvalue weighted by atomic mass is 9.79. The smallest absolute Gasteiger partial charge is 0.293 e. The van der Waals surface area contributed by atoms with Crippen LogP contribution in [0.3, 0.4) is 0 Å². The summed E-state index contributed by atoms with van der Waals surface area (Å²) < 4.78 is 1.74. The summed E-state index contributed by atoms with van der Waals surface area (Å²) in [5.74, 6) is 2.05. The number of anilines is 1. The first-order valence-electron chi connectivity index (χ1n) is 8.11. The zero-order valence-corrected chi connectivity index (χ0v) is 13.2. The highest BCUT2D eigenvalue weighted by Gasteiger charge is 2.24. The molecule has 0 radical (unpaired) electrons.